The summed E-state index contributed by atoms with van der Waals surface area (Å²) in [5.41, 5.74) is 5.62. The third-order valence-electron chi connectivity index (χ3n) is 2.28. The van der Waals surface area contributed by atoms with E-state index < -0.39 is 12.0 Å². The van der Waals surface area contributed by atoms with Crippen molar-refractivity contribution in [3.8, 4) is 0 Å². The molecule has 0 aliphatic carbocycles. The second-order valence-corrected chi connectivity index (χ2v) is 4.49. The Hall–Kier alpha value is -0.670. The zero-order valence-electron chi connectivity index (χ0n) is 8.73. The van der Waals surface area contributed by atoms with Crippen LogP contribution in [0.5, 0.6) is 0 Å². The number of hydrogen-bond donors (Lipinski definition) is 1. The summed E-state index contributed by atoms with van der Waals surface area (Å²) in [7, 11) is 0. The normalized spacial score (nSPS) is 15.4. The molecular weight excluding hydrogens is 220 g/mol. The van der Waals surface area contributed by atoms with Gasteiger partial charge in [0.2, 0.25) is 0 Å². The van der Waals surface area contributed by atoms with Crippen LogP contribution in [0.4, 0.5) is 8.78 Å². The Morgan fingerprint density at radius 3 is 2.53 bits per heavy atom. The van der Waals surface area contributed by atoms with Crippen molar-refractivity contribution in [2.45, 2.75) is 32.2 Å². The van der Waals surface area contributed by atoms with Crippen molar-refractivity contribution in [1.82, 2.24) is 0 Å². The van der Waals surface area contributed by atoms with Crippen LogP contribution in [-0.2, 0) is 6.42 Å². The summed E-state index contributed by atoms with van der Waals surface area (Å²) in [6, 6.07) is 5.33. The van der Waals surface area contributed by atoms with Crippen LogP contribution in [0.3, 0.4) is 0 Å². The van der Waals surface area contributed by atoms with Gasteiger partial charge in [0.1, 0.15) is 0 Å². The lowest BCUT2D eigenvalue weighted by atomic mass is 9.94. The van der Waals surface area contributed by atoms with E-state index in [-0.39, 0.29) is 6.42 Å². The molecule has 1 nitrogen and oxygen atoms in total. The molecule has 1 rings (SSSR count). The number of alkyl halides is 2. The largest absolute Gasteiger partial charge is 0.320 e. The fraction of sp³-hybridized carbons (Fsp3) is 0.455. The Morgan fingerprint density at radius 1 is 1.47 bits per heavy atom. The molecule has 0 heterocycles. The molecule has 0 aliphatic heterocycles. The fourth-order valence-corrected chi connectivity index (χ4v) is 1.59. The zero-order chi connectivity index (χ0) is 11.6. The molecule has 2 N–H and O–H groups in total. The van der Waals surface area contributed by atoms with Crippen LogP contribution < -0.4 is 5.73 Å². The van der Waals surface area contributed by atoms with Gasteiger partial charge in [-0.05, 0) is 37.5 Å². The Balaban J connectivity index is 2.90. The summed E-state index contributed by atoms with van der Waals surface area (Å²) in [4.78, 5) is 0. The molecule has 15 heavy (non-hydrogen) atoms. The summed E-state index contributed by atoms with van der Waals surface area (Å²) < 4.78 is 25.1. The third-order valence-corrected chi connectivity index (χ3v) is 2.63. The molecule has 0 saturated carbocycles. The smallest absolute Gasteiger partial charge is 0.256 e. The van der Waals surface area contributed by atoms with Gasteiger partial charge in [0.05, 0.1) is 5.54 Å². The van der Waals surface area contributed by atoms with Crippen molar-refractivity contribution in [1.29, 1.82) is 0 Å². The van der Waals surface area contributed by atoms with Crippen molar-refractivity contribution in [3.05, 3.63) is 34.3 Å². The lowest BCUT2D eigenvalue weighted by Gasteiger charge is -2.24. The van der Waals surface area contributed by atoms with Gasteiger partial charge in [-0.25, -0.2) is 8.78 Å². The standard InChI is InChI=1S/C11H14ClF2N/c1-7-3-4-8(9(12)5-7)6-11(2,15)10(13)14/h3-5,10H,6,15H2,1-2H3. The minimum Gasteiger partial charge on any atom is -0.320 e. The molecule has 1 atom stereocenters. The molecule has 1 aromatic carbocycles. The van der Waals surface area contributed by atoms with E-state index in [2.05, 4.69) is 0 Å². The molecule has 0 aliphatic rings. The Morgan fingerprint density at radius 2 is 2.07 bits per heavy atom. The second-order valence-electron chi connectivity index (χ2n) is 4.08. The molecule has 4 heteroatoms. The predicted octanol–water partition coefficient (Wildman–Crippen LogP) is 3.17. The molecule has 0 amide bonds. The van der Waals surface area contributed by atoms with Gasteiger partial charge in [-0.15, -0.1) is 0 Å². The van der Waals surface area contributed by atoms with Crippen LogP contribution in [0.15, 0.2) is 18.2 Å². The van der Waals surface area contributed by atoms with Gasteiger partial charge in [0.15, 0.2) is 0 Å². The van der Waals surface area contributed by atoms with Gasteiger partial charge in [-0.3, -0.25) is 0 Å². The van der Waals surface area contributed by atoms with Gasteiger partial charge >= 0.3 is 0 Å². The highest BCUT2D eigenvalue weighted by Crippen LogP contribution is 2.24. The topological polar surface area (TPSA) is 26.0 Å². The fourth-order valence-electron chi connectivity index (χ4n) is 1.28. The highest BCUT2D eigenvalue weighted by molar-refractivity contribution is 6.31. The van der Waals surface area contributed by atoms with Crippen molar-refractivity contribution in [3.63, 3.8) is 0 Å². The summed E-state index contributed by atoms with van der Waals surface area (Å²) >= 11 is 5.94. The Bertz CT molecular complexity index is 350. The second kappa shape index (κ2) is 4.45. The van der Waals surface area contributed by atoms with E-state index in [1.807, 2.05) is 13.0 Å². The van der Waals surface area contributed by atoms with E-state index in [0.29, 0.717) is 10.6 Å². The van der Waals surface area contributed by atoms with Gasteiger partial charge < -0.3 is 5.73 Å². The average Bonchev–Trinajstić information content (AvgIpc) is 2.09. The molecule has 84 valence electrons. The molecule has 0 aromatic heterocycles. The first-order valence-electron chi connectivity index (χ1n) is 4.65. The minimum atomic E-state index is -2.56. The summed E-state index contributed by atoms with van der Waals surface area (Å²) in [5.74, 6) is 0. The first-order chi connectivity index (χ1) is 6.83. The number of benzene rings is 1. The molecule has 0 radical (unpaired) electrons. The first-order valence-corrected chi connectivity index (χ1v) is 5.03. The van der Waals surface area contributed by atoms with Gasteiger partial charge in [-0.1, -0.05) is 23.7 Å². The maximum Gasteiger partial charge on any atom is 0.256 e. The molecular formula is C11H14ClF2N. The maximum atomic E-state index is 12.5. The maximum absolute atomic E-state index is 12.5. The number of halogens is 3. The van der Waals surface area contributed by atoms with Gasteiger partial charge in [0, 0.05) is 5.02 Å². The number of nitrogens with two attached hydrogens (primary N) is 1. The minimum absolute atomic E-state index is 0.0732. The first kappa shape index (κ1) is 12.4. The van der Waals surface area contributed by atoms with E-state index in [1.165, 1.54) is 6.92 Å². The molecule has 0 fully saturated rings. The van der Waals surface area contributed by atoms with E-state index in [9.17, 15) is 8.78 Å². The van der Waals surface area contributed by atoms with Crippen LogP contribution in [-0.4, -0.2) is 12.0 Å². The molecule has 1 aromatic rings. The quantitative estimate of drug-likeness (QED) is 0.853. The lowest BCUT2D eigenvalue weighted by Crippen LogP contribution is -2.45. The van der Waals surface area contributed by atoms with Crippen molar-refractivity contribution < 1.29 is 8.78 Å². The van der Waals surface area contributed by atoms with E-state index in [4.69, 9.17) is 17.3 Å². The lowest BCUT2D eigenvalue weighted by molar-refractivity contribution is 0.0639. The van der Waals surface area contributed by atoms with Crippen molar-refractivity contribution in [2.75, 3.05) is 0 Å². The summed E-state index contributed by atoms with van der Waals surface area (Å²) in [6.07, 6.45) is -2.49. The molecule has 0 saturated heterocycles. The summed E-state index contributed by atoms with van der Waals surface area (Å²) in [5, 5.41) is 0.493. The van der Waals surface area contributed by atoms with Gasteiger partial charge in [-0.2, -0.15) is 0 Å². The van der Waals surface area contributed by atoms with Crippen molar-refractivity contribution in [2.24, 2.45) is 5.73 Å². The van der Waals surface area contributed by atoms with Crippen LogP contribution in [0.25, 0.3) is 0 Å². The van der Waals surface area contributed by atoms with Crippen LogP contribution in [0, 0.1) is 6.92 Å². The zero-order valence-corrected chi connectivity index (χ0v) is 9.48. The predicted molar refractivity (Wildman–Crippen MR) is 58.5 cm³/mol. The molecule has 0 bridgehead atoms. The van der Waals surface area contributed by atoms with Crippen LogP contribution in [0.1, 0.15) is 18.1 Å². The Kier molecular flexibility index (Phi) is 3.68. The third kappa shape index (κ3) is 3.14. The van der Waals surface area contributed by atoms with Crippen LogP contribution in [0.2, 0.25) is 5.02 Å². The number of aryl methyl sites for hydroxylation is 1. The van der Waals surface area contributed by atoms with E-state index in [0.717, 1.165) is 5.56 Å². The SMILES string of the molecule is Cc1ccc(CC(C)(N)C(F)F)c(Cl)c1. The van der Waals surface area contributed by atoms with E-state index in [1.54, 1.807) is 12.1 Å². The summed E-state index contributed by atoms with van der Waals surface area (Å²) in [6.45, 7) is 3.22. The Labute approximate surface area is 93.2 Å². The van der Waals surface area contributed by atoms with Crippen LogP contribution >= 0.6 is 11.6 Å². The molecule has 0 spiro atoms. The number of hydrogen-bond acceptors (Lipinski definition) is 1. The highest BCUT2D eigenvalue weighted by atomic mass is 35.5. The number of rotatable bonds is 3. The van der Waals surface area contributed by atoms with E-state index >= 15 is 0 Å². The van der Waals surface area contributed by atoms with Crippen molar-refractivity contribution >= 4 is 11.6 Å². The average molecular weight is 234 g/mol. The van der Waals surface area contributed by atoms with Gasteiger partial charge in [0.25, 0.3) is 6.43 Å². The highest BCUT2D eigenvalue weighted by Gasteiger charge is 2.30. The monoisotopic (exact) mass is 233 g/mol. The molecule has 1 unspecified atom stereocenters.